The average Bonchev–Trinajstić information content (AvgIpc) is 2.60. The first kappa shape index (κ1) is 19.7. The van der Waals surface area contributed by atoms with Crippen molar-refractivity contribution >= 4 is 17.9 Å². The summed E-state index contributed by atoms with van der Waals surface area (Å²) in [6, 6.07) is 3.00. The van der Waals surface area contributed by atoms with Gasteiger partial charge in [0.1, 0.15) is 13.2 Å². The molecule has 0 unspecified atom stereocenters. The average molecular weight is 346 g/mol. The fraction of sp³-hybridized carbons (Fsp3) is 0.167. The number of ether oxygens (including phenoxy) is 3. The van der Waals surface area contributed by atoms with E-state index in [4.69, 9.17) is 9.47 Å². The predicted octanol–water partition coefficient (Wildman–Crippen LogP) is 2.12. The second kappa shape index (κ2) is 9.07. The minimum atomic E-state index is -0.883. The van der Waals surface area contributed by atoms with Crippen LogP contribution in [0, 0.1) is 6.92 Å². The number of rotatable bonds is 8. The first-order chi connectivity index (χ1) is 11.8. The van der Waals surface area contributed by atoms with Crippen LogP contribution in [0.2, 0.25) is 0 Å². The van der Waals surface area contributed by atoms with Crippen LogP contribution < -0.4 is 4.74 Å². The van der Waals surface area contributed by atoms with Crippen molar-refractivity contribution in [2.24, 2.45) is 0 Å². The number of esters is 3. The highest BCUT2D eigenvalue weighted by atomic mass is 16.6. The number of hydrogen-bond acceptors (Lipinski definition) is 7. The van der Waals surface area contributed by atoms with Crippen LogP contribution in [0.5, 0.6) is 11.5 Å². The Morgan fingerprint density at radius 2 is 1.72 bits per heavy atom. The molecule has 1 N–H and O–H groups in total. The number of phenolic OH excluding ortho intramolecular Hbond substituents is 1. The second-order valence-electron chi connectivity index (χ2n) is 4.89. The molecule has 0 bridgehead atoms. The Kier molecular flexibility index (Phi) is 7.15. The molecule has 0 saturated heterocycles. The SMILES string of the molecule is C=CC(=O)OCC(=C)C(=O)Oc1cc(C)cc(COC(=O)C=C)c1O. The molecule has 0 aliphatic rings. The summed E-state index contributed by atoms with van der Waals surface area (Å²) in [5, 5.41) is 10.2. The van der Waals surface area contributed by atoms with Crippen LogP contribution in [-0.2, 0) is 30.5 Å². The van der Waals surface area contributed by atoms with E-state index in [9.17, 15) is 19.5 Å². The van der Waals surface area contributed by atoms with E-state index in [1.807, 2.05) is 0 Å². The number of benzene rings is 1. The Bertz CT molecular complexity index is 731. The van der Waals surface area contributed by atoms with Gasteiger partial charge in [0.05, 0.1) is 5.57 Å². The quantitative estimate of drug-likeness (QED) is 0.437. The molecule has 0 fully saturated rings. The zero-order valence-corrected chi connectivity index (χ0v) is 13.7. The molecule has 0 aliphatic heterocycles. The number of aryl methyl sites for hydroxylation is 1. The molecule has 132 valence electrons. The maximum absolute atomic E-state index is 12.0. The van der Waals surface area contributed by atoms with Crippen LogP contribution >= 0.6 is 0 Å². The first-order valence-electron chi connectivity index (χ1n) is 7.09. The summed E-state index contributed by atoms with van der Waals surface area (Å²) >= 11 is 0. The number of phenols is 1. The van der Waals surface area contributed by atoms with Gasteiger partial charge in [-0.15, -0.1) is 0 Å². The van der Waals surface area contributed by atoms with Crippen LogP contribution in [0.4, 0.5) is 0 Å². The highest BCUT2D eigenvalue weighted by Gasteiger charge is 2.17. The Morgan fingerprint density at radius 1 is 1.12 bits per heavy atom. The zero-order valence-electron chi connectivity index (χ0n) is 13.7. The molecule has 7 nitrogen and oxygen atoms in total. The van der Waals surface area contributed by atoms with Gasteiger partial charge in [-0.2, -0.15) is 0 Å². The number of carbonyl (C=O) groups excluding carboxylic acids is 3. The molecular weight excluding hydrogens is 328 g/mol. The lowest BCUT2D eigenvalue weighted by Gasteiger charge is -2.12. The maximum Gasteiger partial charge on any atom is 0.342 e. The van der Waals surface area contributed by atoms with Gasteiger partial charge >= 0.3 is 17.9 Å². The summed E-state index contributed by atoms with van der Waals surface area (Å²) in [6.07, 6.45) is 1.93. The van der Waals surface area contributed by atoms with Crippen molar-refractivity contribution < 1.29 is 33.7 Å². The minimum absolute atomic E-state index is 0.129. The van der Waals surface area contributed by atoms with Crippen molar-refractivity contribution in [3.05, 3.63) is 60.7 Å². The Balaban J connectivity index is 2.85. The number of carbonyl (C=O) groups is 3. The molecule has 0 saturated carbocycles. The van der Waals surface area contributed by atoms with E-state index in [0.29, 0.717) is 5.56 Å². The van der Waals surface area contributed by atoms with Gasteiger partial charge in [0.15, 0.2) is 11.5 Å². The molecule has 25 heavy (non-hydrogen) atoms. The van der Waals surface area contributed by atoms with Crippen molar-refractivity contribution in [1.29, 1.82) is 0 Å². The summed E-state index contributed by atoms with van der Waals surface area (Å²) in [5.41, 5.74) is 0.784. The predicted molar refractivity (Wildman–Crippen MR) is 88.8 cm³/mol. The van der Waals surface area contributed by atoms with E-state index in [0.717, 1.165) is 12.2 Å². The molecule has 1 aromatic rings. The fourth-order valence-corrected chi connectivity index (χ4v) is 1.66. The van der Waals surface area contributed by atoms with E-state index in [2.05, 4.69) is 24.5 Å². The molecule has 0 aliphatic carbocycles. The molecule has 0 spiro atoms. The van der Waals surface area contributed by atoms with Crippen LogP contribution in [-0.4, -0.2) is 29.6 Å². The standard InChI is InChI=1S/C18H18O7/c1-5-15(19)23-9-12(4)18(22)25-14-8-11(3)7-13(17(14)21)10-24-16(20)6-2/h5-8,21H,1-2,4,9-10H2,3H3. The van der Waals surface area contributed by atoms with Gasteiger partial charge in [0.25, 0.3) is 0 Å². The Hall–Kier alpha value is -3.35. The normalized spacial score (nSPS) is 9.64. The summed E-state index contributed by atoms with van der Waals surface area (Å²) in [4.78, 5) is 34.0. The molecule has 0 aromatic heterocycles. The van der Waals surface area contributed by atoms with Crippen molar-refractivity contribution in [3.8, 4) is 11.5 Å². The fourth-order valence-electron chi connectivity index (χ4n) is 1.66. The second-order valence-corrected chi connectivity index (χ2v) is 4.89. The summed E-state index contributed by atoms with van der Waals surface area (Å²) in [6.45, 7) is 11.1. The summed E-state index contributed by atoms with van der Waals surface area (Å²) in [5.74, 6) is -2.74. The molecule has 0 amide bonds. The maximum atomic E-state index is 12.0. The van der Waals surface area contributed by atoms with Gasteiger partial charge < -0.3 is 19.3 Å². The largest absolute Gasteiger partial charge is 0.504 e. The lowest BCUT2D eigenvalue weighted by molar-refractivity contribution is -0.140. The summed E-state index contributed by atoms with van der Waals surface area (Å²) < 4.78 is 14.6. The first-order valence-corrected chi connectivity index (χ1v) is 7.09. The topological polar surface area (TPSA) is 99.1 Å². The lowest BCUT2D eigenvalue weighted by Crippen LogP contribution is -2.16. The molecule has 0 atom stereocenters. The third kappa shape index (κ3) is 5.98. The van der Waals surface area contributed by atoms with E-state index in [1.54, 1.807) is 13.0 Å². The van der Waals surface area contributed by atoms with Crippen LogP contribution in [0.15, 0.2) is 49.6 Å². The monoisotopic (exact) mass is 346 g/mol. The number of aromatic hydroxyl groups is 1. The van der Waals surface area contributed by atoms with Crippen molar-refractivity contribution in [3.63, 3.8) is 0 Å². The van der Waals surface area contributed by atoms with Crippen molar-refractivity contribution in [2.45, 2.75) is 13.5 Å². The van der Waals surface area contributed by atoms with Gasteiger partial charge in [0.2, 0.25) is 0 Å². The highest BCUT2D eigenvalue weighted by Crippen LogP contribution is 2.32. The van der Waals surface area contributed by atoms with Gasteiger partial charge in [-0.05, 0) is 24.6 Å². The number of hydrogen-bond donors (Lipinski definition) is 1. The van der Waals surface area contributed by atoms with Gasteiger partial charge in [0, 0.05) is 17.7 Å². The van der Waals surface area contributed by atoms with E-state index < -0.39 is 17.9 Å². The van der Waals surface area contributed by atoms with Crippen LogP contribution in [0.3, 0.4) is 0 Å². The summed E-state index contributed by atoms with van der Waals surface area (Å²) in [7, 11) is 0. The van der Waals surface area contributed by atoms with Crippen LogP contribution in [0.25, 0.3) is 0 Å². The molecule has 0 heterocycles. The van der Waals surface area contributed by atoms with E-state index in [-0.39, 0.29) is 35.8 Å². The van der Waals surface area contributed by atoms with Crippen molar-refractivity contribution in [1.82, 2.24) is 0 Å². The molecule has 0 radical (unpaired) electrons. The van der Waals surface area contributed by atoms with Gasteiger partial charge in [-0.3, -0.25) is 0 Å². The smallest absolute Gasteiger partial charge is 0.342 e. The van der Waals surface area contributed by atoms with Gasteiger partial charge in [-0.25, -0.2) is 14.4 Å². The minimum Gasteiger partial charge on any atom is -0.504 e. The van der Waals surface area contributed by atoms with Crippen molar-refractivity contribution in [2.75, 3.05) is 6.61 Å². The molecule has 1 rings (SSSR count). The molecule has 7 heteroatoms. The van der Waals surface area contributed by atoms with Crippen LogP contribution in [0.1, 0.15) is 11.1 Å². The zero-order chi connectivity index (χ0) is 19.0. The Labute approximate surface area is 144 Å². The van der Waals surface area contributed by atoms with Gasteiger partial charge in [-0.1, -0.05) is 19.7 Å². The molecule has 1 aromatic carbocycles. The third-order valence-electron chi connectivity index (χ3n) is 2.88. The third-order valence-corrected chi connectivity index (χ3v) is 2.88. The lowest BCUT2D eigenvalue weighted by atomic mass is 10.1. The Morgan fingerprint density at radius 3 is 2.32 bits per heavy atom. The highest BCUT2D eigenvalue weighted by molar-refractivity contribution is 5.91. The van der Waals surface area contributed by atoms with E-state index >= 15 is 0 Å². The van der Waals surface area contributed by atoms with E-state index in [1.165, 1.54) is 6.07 Å². The molecular formula is C18H18O7.